The standard InChI is InChI=1S/C18H13N5O2/c24-22-18(23-10-9-19-12-23)14-6-7-16(21-11-14)25-15-5-1-3-13-4-2-8-20-17(13)15/h1-12,24H/b22-18-. The molecule has 1 aromatic carbocycles. The summed E-state index contributed by atoms with van der Waals surface area (Å²) in [6, 6.07) is 13.0. The molecule has 0 aliphatic heterocycles. The van der Waals surface area contributed by atoms with E-state index in [2.05, 4.69) is 20.1 Å². The summed E-state index contributed by atoms with van der Waals surface area (Å²) in [7, 11) is 0. The molecule has 0 radical (unpaired) electrons. The maximum absolute atomic E-state index is 9.25. The lowest BCUT2D eigenvalue weighted by Crippen LogP contribution is -2.11. The van der Waals surface area contributed by atoms with E-state index in [0.717, 1.165) is 10.9 Å². The average Bonchev–Trinajstić information content (AvgIpc) is 3.18. The van der Waals surface area contributed by atoms with Crippen LogP contribution in [0.3, 0.4) is 0 Å². The highest BCUT2D eigenvalue weighted by Gasteiger charge is 2.09. The van der Waals surface area contributed by atoms with Crippen molar-refractivity contribution >= 4 is 16.7 Å². The summed E-state index contributed by atoms with van der Waals surface area (Å²) in [6.07, 6.45) is 8.12. The Morgan fingerprint density at radius 2 is 1.96 bits per heavy atom. The molecule has 0 saturated heterocycles. The van der Waals surface area contributed by atoms with Gasteiger partial charge < -0.3 is 9.94 Å². The third-order valence-corrected chi connectivity index (χ3v) is 3.65. The number of imidazole rings is 1. The Hall–Kier alpha value is -3.74. The van der Waals surface area contributed by atoms with Crippen molar-refractivity contribution in [3.05, 3.63) is 79.1 Å². The van der Waals surface area contributed by atoms with Crippen LogP contribution < -0.4 is 4.74 Å². The Morgan fingerprint density at radius 1 is 1.04 bits per heavy atom. The SMILES string of the molecule is O/N=C(/c1ccc(Oc2cccc3cccnc23)nc1)n1ccnc1. The zero-order valence-corrected chi connectivity index (χ0v) is 13.0. The lowest BCUT2D eigenvalue weighted by Gasteiger charge is -2.09. The summed E-state index contributed by atoms with van der Waals surface area (Å²) in [5.74, 6) is 1.37. The minimum atomic E-state index is 0.323. The number of nitrogens with zero attached hydrogens (tertiary/aromatic N) is 5. The van der Waals surface area contributed by atoms with Gasteiger partial charge in [0.1, 0.15) is 11.8 Å². The molecule has 0 spiro atoms. The van der Waals surface area contributed by atoms with Gasteiger partial charge in [-0.2, -0.15) is 0 Å². The van der Waals surface area contributed by atoms with Crippen LogP contribution in [0.25, 0.3) is 10.9 Å². The highest BCUT2D eigenvalue weighted by Crippen LogP contribution is 2.27. The van der Waals surface area contributed by atoms with Crippen molar-refractivity contribution in [2.75, 3.05) is 0 Å². The number of ether oxygens (including phenoxy) is 1. The second-order valence-electron chi connectivity index (χ2n) is 5.21. The van der Waals surface area contributed by atoms with Crippen molar-refractivity contribution in [3.63, 3.8) is 0 Å². The molecule has 122 valence electrons. The van der Waals surface area contributed by atoms with Crippen LogP contribution in [-0.4, -0.2) is 30.6 Å². The molecule has 4 rings (SSSR count). The number of rotatable bonds is 3. The molecule has 0 aliphatic rings. The highest BCUT2D eigenvalue weighted by atomic mass is 16.5. The monoisotopic (exact) mass is 331 g/mol. The van der Waals surface area contributed by atoms with Gasteiger partial charge in [0.2, 0.25) is 5.88 Å². The molecule has 0 amide bonds. The second kappa shape index (κ2) is 6.40. The van der Waals surface area contributed by atoms with E-state index in [-0.39, 0.29) is 0 Å². The van der Waals surface area contributed by atoms with E-state index in [0.29, 0.717) is 23.0 Å². The summed E-state index contributed by atoms with van der Waals surface area (Å²) < 4.78 is 7.45. The number of hydrogen-bond donors (Lipinski definition) is 1. The first-order chi connectivity index (χ1) is 12.3. The number of aromatic nitrogens is 4. The van der Waals surface area contributed by atoms with E-state index in [1.807, 2.05) is 30.3 Å². The summed E-state index contributed by atoms with van der Waals surface area (Å²) in [5, 5.41) is 13.5. The number of para-hydroxylation sites is 1. The zero-order valence-electron chi connectivity index (χ0n) is 13.0. The molecular formula is C18H13N5O2. The predicted molar refractivity (Wildman–Crippen MR) is 92.0 cm³/mol. The maximum atomic E-state index is 9.25. The Bertz CT molecular complexity index is 1020. The molecule has 3 aromatic heterocycles. The van der Waals surface area contributed by atoms with Crippen molar-refractivity contribution in [1.29, 1.82) is 0 Å². The van der Waals surface area contributed by atoms with Gasteiger partial charge in [0.25, 0.3) is 0 Å². The first-order valence-electron chi connectivity index (χ1n) is 7.53. The van der Waals surface area contributed by atoms with Crippen LogP contribution in [0.2, 0.25) is 0 Å². The number of benzene rings is 1. The molecule has 0 aliphatic carbocycles. The van der Waals surface area contributed by atoms with Crippen molar-refractivity contribution in [1.82, 2.24) is 19.5 Å². The van der Waals surface area contributed by atoms with E-state index in [1.54, 1.807) is 47.8 Å². The first-order valence-corrected chi connectivity index (χ1v) is 7.53. The van der Waals surface area contributed by atoms with Crippen molar-refractivity contribution in [2.45, 2.75) is 0 Å². The lowest BCUT2D eigenvalue weighted by atomic mass is 10.2. The molecule has 4 aromatic rings. The van der Waals surface area contributed by atoms with Crippen LogP contribution in [0.5, 0.6) is 11.6 Å². The van der Waals surface area contributed by atoms with E-state index in [4.69, 9.17) is 4.74 Å². The maximum Gasteiger partial charge on any atom is 0.219 e. The number of fused-ring (bicyclic) bond motifs is 1. The van der Waals surface area contributed by atoms with Crippen LogP contribution >= 0.6 is 0 Å². The minimum Gasteiger partial charge on any atom is -0.437 e. The molecule has 7 nitrogen and oxygen atoms in total. The first kappa shape index (κ1) is 14.8. The lowest BCUT2D eigenvalue weighted by molar-refractivity contribution is 0.317. The van der Waals surface area contributed by atoms with Gasteiger partial charge in [0.15, 0.2) is 11.6 Å². The second-order valence-corrected chi connectivity index (χ2v) is 5.21. The fourth-order valence-corrected chi connectivity index (χ4v) is 2.49. The van der Waals surface area contributed by atoms with Crippen LogP contribution in [0.1, 0.15) is 5.56 Å². The molecule has 0 saturated carbocycles. The molecular weight excluding hydrogens is 318 g/mol. The summed E-state index contributed by atoms with van der Waals surface area (Å²) in [5.41, 5.74) is 1.40. The molecule has 0 fully saturated rings. The van der Waals surface area contributed by atoms with Gasteiger partial charge in [0, 0.05) is 41.8 Å². The molecule has 0 bridgehead atoms. The van der Waals surface area contributed by atoms with Gasteiger partial charge in [-0.05, 0) is 18.2 Å². The van der Waals surface area contributed by atoms with Crippen LogP contribution in [0.4, 0.5) is 0 Å². The predicted octanol–water partition coefficient (Wildman–Crippen LogP) is 3.30. The minimum absolute atomic E-state index is 0.323. The van der Waals surface area contributed by atoms with Crippen molar-refractivity contribution < 1.29 is 9.94 Å². The Kier molecular flexibility index (Phi) is 3.80. The largest absolute Gasteiger partial charge is 0.437 e. The smallest absolute Gasteiger partial charge is 0.219 e. The van der Waals surface area contributed by atoms with Crippen LogP contribution in [0.15, 0.2) is 78.7 Å². The number of pyridine rings is 2. The highest BCUT2D eigenvalue weighted by molar-refractivity contribution is 5.99. The zero-order chi connectivity index (χ0) is 17.1. The summed E-state index contributed by atoms with van der Waals surface area (Å²) >= 11 is 0. The topological polar surface area (TPSA) is 85.4 Å². The van der Waals surface area contributed by atoms with E-state index in [1.165, 1.54) is 0 Å². The molecule has 0 atom stereocenters. The summed E-state index contributed by atoms with van der Waals surface area (Å²) in [6.45, 7) is 0. The number of oxime groups is 1. The van der Waals surface area contributed by atoms with Crippen molar-refractivity contribution in [3.8, 4) is 11.6 Å². The fraction of sp³-hybridized carbons (Fsp3) is 0. The Labute approximate surface area is 142 Å². The van der Waals surface area contributed by atoms with Crippen molar-refractivity contribution in [2.24, 2.45) is 5.16 Å². The third-order valence-electron chi connectivity index (χ3n) is 3.65. The van der Waals surface area contributed by atoms with E-state index >= 15 is 0 Å². The molecule has 7 heteroatoms. The molecule has 1 N–H and O–H groups in total. The van der Waals surface area contributed by atoms with Gasteiger partial charge >= 0.3 is 0 Å². The third kappa shape index (κ3) is 2.90. The molecule has 3 heterocycles. The van der Waals surface area contributed by atoms with Gasteiger partial charge in [-0.15, -0.1) is 0 Å². The normalized spacial score (nSPS) is 11.6. The quantitative estimate of drug-likeness (QED) is 0.269. The molecule has 0 unspecified atom stereocenters. The van der Waals surface area contributed by atoms with Crippen LogP contribution in [-0.2, 0) is 0 Å². The van der Waals surface area contributed by atoms with E-state index in [9.17, 15) is 5.21 Å². The van der Waals surface area contributed by atoms with E-state index < -0.39 is 0 Å². The fourth-order valence-electron chi connectivity index (χ4n) is 2.49. The Morgan fingerprint density at radius 3 is 2.72 bits per heavy atom. The van der Waals surface area contributed by atoms with Gasteiger partial charge in [-0.25, -0.2) is 9.97 Å². The van der Waals surface area contributed by atoms with Gasteiger partial charge in [-0.3, -0.25) is 9.55 Å². The van der Waals surface area contributed by atoms with Gasteiger partial charge in [0.05, 0.1) is 0 Å². The number of hydrogen-bond acceptors (Lipinski definition) is 6. The average molecular weight is 331 g/mol. The van der Waals surface area contributed by atoms with Crippen LogP contribution in [0, 0.1) is 0 Å². The summed E-state index contributed by atoms with van der Waals surface area (Å²) in [4.78, 5) is 12.6. The Balaban J connectivity index is 1.62. The van der Waals surface area contributed by atoms with Gasteiger partial charge in [-0.1, -0.05) is 23.4 Å². The molecule has 25 heavy (non-hydrogen) atoms.